The number of aryl methyl sites for hydroxylation is 2. The van der Waals surface area contributed by atoms with Crippen molar-refractivity contribution in [2.75, 3.05) is 7.11 Å². The van der Waals surface area contributed by atoms with Gasteiger partial charge in [0.1, 0.15) is 17.9 Å². The van der Waals surface area contributed by atoms with Gasteiger partial charge < -0.3 is 19.1 Å². The number of amides is 1. The highest BCUT2D eigenvalue weighted by Crippen LogP contribution is 2.24. The molecule has 0 unspecified atom stereocenters. The fourth-order valence-electron chi connectivity index (χ4n) is 3.70. The van der Waals surface area contributed by atoms with Gasteiger partial charge in [0.2, 0.25) is 11.7 Å². The van der Waals surface area contributed by atoms with Crippen LogP contribution in [-0.2, 0) is 17.9 Å². The molecule has 0 atom stereocenters. The van der Waals surface area contributed by atoms with Crippen LogP contribution in [0.2, 0.25) is 5.02 Å². The Kier molecular flexibility index (Phi) is 6.79. The SMILES string of the molecule is COc1ccccc1CNC(=O)Cn1c(C)cc(C)c(-c2nc(-c3cccc(Cl)c3)no2)c1=O. The molecule has 1 N–H and O–H groups in total. The molecule has 0 aliphatic heterocycles. The van der Waals surface area contributed by atoms with Gasteiger partial charge in [0.05, 0.1) is 7.11 Å². The Labute approximate surface area is 201 Å². The number of benzene rings is 2. The maximum absolute atomic E-state index is 13.3. The molecular weight excluding hydrogens is 456 g/mol. The van der Waals surface area contributed by atoms with E-state index in [2.05, 4.69) is 15.5 Å². The zero-order chi connectivity index (χ0) is 24.2. The lowest BCUT2D eigenvalue weighted by Gasteiger charge is -2.14. The van der Waals surface area contributed by atoms with Gasteiger partial charge in [0, 0.05) is 28.4 Å². The Morgan fingerprint density at radius 3 is 2.71 bits per heavy atom. The number of methoxy groups -OCH3 is 1. The molecule has 8 nitrogen and oxygen atoms in total. The molecule has 174 valence electrons. The highest BCUT2D eigenvalue weighted by molar-refractivity contribution is 6.30. The van der Waals surface area contributed by atoms with Crippen molar-refractivity contribution in [2.45, 2.75) is 26.9 Å². The highest BCUT2D eigenvalue weighted by atomic mass is 35.5. The molecule has 0 saturated carbocycles. The standard InChI is InChI=1S/C25H23ClN4O4/c1-15-11-16(2)30(14-21(31)27-13-18-7-4-5-10-20(18)33-3)25(32)22(15)24-28-23(29-34-24)17-8-6-9-19(26)12-17/h4-12H,13-14H2,1-3H3,(H,27,31). The quantitative estimate of drug-likeness (QED) is 0.428. The average Bonchev–Trinajstić information content (AvgIpc) is 3.30. The van der Waals surface area contributed by atoms with Crippen molar-refractivity contribution in [3.05, 3.63) is 86.8 Å². The van der Waals surface area contributed by atoms with E-state index in [1.54, 1.807) is 45.2 Å². The van der Waals surface area contributed by atoms with Crippen LogP contribution in [0, 0.1) is 13.8 Å². The van der Waals surface area contributed by atoms with Gasteiger partial charge in [-0.3, -0.25) is 9.59 Å². The first-order valence-corrected chi connectivity index (χ1v) is 10.9. The third-order valence-corrected chi connectivity index (χ3v) is 5.63. The summed E-state index contributed by atoms with van der Waals surface area (Å²) in [5.41, 5.74) is 2.70. The molecule has 0 aliphatic rings. The van der Waals surface area contributed by atoms with Gasteiger partial charge in [-0.15, -0.1) is 0 Å². The van der Waals surface area contributed by atoms with E-state index in [-0.39, 0.29) is 36.0 Å². The van der Waals surface area contributed by atoms with Crippen LogP contribution in [0.5, 0.6) is 5.75 Å². The Bertz CT molecular complexity index is 1410. The molecule has 2 heterocycles. The van der Waals surface area contributed by atoms with Crippen LogP contribution in [0.25, 0.3) is 22.8 Å². The lowest BCUT2D eigenvalue weighted by atomic mass is 10.1. The topological polar surface area (TPSA) is 99.2 Å². The van der Waals surface area contributed by atoms with Gasteiger partial charge in [0.25, 0.3) is 11.4 Å². The zero-order valence-electron chi connectivity index (χ0n) is 19.0. The molecule has 0 fully saturated rings. The fraction of sp³-hybridized carbons (Fsp3) is 0.200. The van der Waals surface area contributed by atoms with Crippen molar-refractivity contribution >= 4 is 17.5 Å². The van der Waals surface area contributed by atoms with Gasteiger partial charge in [0.15, 0.2) is 0 Å². The first kappa shape index (κ1) is 23.3. The summed E-state index contributed by atoms with van der Waals surface area (Å²) in [7, 11) is 1.58. The van der Waals surface area contributed by atoms with Crippen molar-refractivity contribution in [1.82, 2.24) is 20.0 Å². The molecule has 0 saturated heterocycles. The summed E-state index contributed by atoms with van der Waals surface area (Å²) in [6.07, 6.45) is 0. The number of aromatic nitrogens is 3. The maximum atomic E-state index is 13.3. The third-order valence-electron chi connectivity index (χ3n) is 5.40. The van der Waals surface area contributed by atoms with Gasteiger partial charge >= 0.3 is 0 Å². The molecule has 2 aromatic carbocycles. The van der Waals surface area contributed by atoms with Crippen LogP contribution in [0.1, 0.15) is 16.8 Å². The minimum absolute atomic E-state index is 0.0839. The second-order valence-electron chi connectivity index (χ2n) is 7.76. The van der Waals surface area contributed by atoms with E-state index in [1.807, 2.05) is 30.3 Å². The summed E-state index contributed by atoms with van der Waals surface area (Å²) in [5, 5.41) is 7.37. The molecule has 4 aromatic rings. The number of halogens is 1. The molecule has 9 heteroatoms. The third kappa shape index (κ3) is 4.87. The van der Waals surface area contributed by atoms with Crippen molar-refractivity contribution in [1.29, 1.82) is 0 Å². The smallest absolute Gasteiger partial charge is 0.264 e. The number of carbonyl (C=O) groups excluding carboxylic acids is 1. The monoisotopic (exact) mass is 478 g/mol. The molecule has 34 heavy (non-hydrogen) atoms. The van der Waals surface area contributed by atoms with E-state index >= 15 is 0 Å². The van der Waals surface area contributed by atoms with E-state index in [4.69, 9.17) is 20.9 Å². The Balaban J connectivity index is 1.58. The van der Waals surface area contributed by atoms with Crippen LogP contribution in [0.4, 0.5) is 0 Å². The van der Waals surface area contributed by atoms with Gasteiger partial charge in [-0.05, 0) is 43.7 Å². The fourth-order valence-corrected chi connectivity index (χ4v) is 3.89. The second-order valence-corrected chi connectivity index (χ2v) is 8.19. The molecule has 0 aliphatic carbocycles. The lowest BCUT2D eigenvalue weighted by molar-refractivity contribution is -0.121. The molecule has 0 radical (unpaired) electrons. The van der Waals surface area contributed by atoms with Crippen LogP contribution < -0.4 is 15.6 Å². The molecular formula is C25H23ClN4O4. The van der Waals surface area contributed by atoms with Crippen molar-refractivity contribution in [3.63, 3.8) is 0 Å². The summed E-state index contributed by atoms with van der Waals surface area (Å²) in [6.45, 7) is 3.69. The number of nitrogens with one attached hydrogen (secondary N) is 1. The summed E-state index contributed by atoms with van der Waals surface area (Å²) < 4.78 is 12.1. The number of carbonyl (C=O) groups is 1. The number of pyridine rings is 1. The number of ether oxygens (including phenoxy) is 1. The largest absolute Gasteiger partial charge is 0.496 e. The Morgan fingerprint density at radius 1 is 1.15 bits per heavy atom. The van der Waals surface area contributed by atoms with E-state index in [0.29, 0.717) is 33.4 Å². The number of hydrogen-bond acceptors (Lipinski definition) is 6. The lowest BCUT2D eigenvalue weighted by Crippen LogP contribution is -2.34. The van der Waals surface area contributed by atoms with E-state index in [0.717, 1.165) is 5.56 Å². The average molecular weight is 479 g/mol. The van der Waals surface area contributed by atoms with Gasteiger partial charge in [-0.25, -0.2) is 0 Å². The number of hydrogen-bond donors (Lipinski definition) is 1. The van der Waals surface area contributed by atoms with Crippen LogP contribution in [0.3, 0.4) is 0 Å². The normalized spacial score (nSPS) is 10.8. The Hall–Kier alpha value is -3.91. The summed E-state index contributed by atoms with van der Waals surface area (Å²) >= 11 is 6.05. The summed E-state index contributed by atoms with van der Waals surface area (Å²) in [5.74, 6) is 0.773. The number of rotatable bonds is 7. The van der Waals surface area contributed by atoms with E-state index in [9.17, 15) is 9.59 Å². The number of para-hydroxylation sites is 1. The molecule has 2 aromatic heterocycles. The van der Waals surface area contributed by atoms with Gasteiger partial charge in [-0.1, -0.05) is 47.1 Å². The van der Waals surface area contributed by atoms with Crippen molar-refractivity contribution < 1.29 is 14.1 Å². The zero-order valence-corrected chi connectivity index (χ0v) is 19.7. The van der Waals surface area contributed by atoms with Crippen LogP contribution >= 0.6 is 11.6 Å². The Morgan fingerprint density at radius 2 is 1.94 bits per heavy atom. The number of nitrogens with zero attached hydrogens (tertiary/aromatic N) is 3. The van der Waals surface area contributed by atoms with Crippen molar-refractivity contribution in [2.24, 2.45) is 0 Å². The molecule has 4 rings (SSSR count). The minimum atomic E-state index is -0.383. The predicted molar refractivity (Wildman–Crippen MR) is 129 cm³/mol. The second kappa shape index (κ2) is 9.93. The van der Waals surface area contributed by atoms with E-state index in [1.165, 1.54) is 4.57 Å². The minimum Gasteiger partial charge on any atom is -0.496 e. The predicted octanol–water partition coefficient (Wildman–Crippen LogP) is 4.16. The highest BCUT2D eigenvalue weighted by Gasteiger charge is 2.20. The molecule has 0 spiro atoms. The van der Waals surface area contributed by atoms with Crippen LogP contribution in [-0.4, -0.2) is 27.7 Å². The van der Waals surface area contributed by atoms with Crippen LogP contribution in [0.15, 0.2) is 63.9 Å². The molecule has 0 bridgehead atoms. The van der Waals surface area contributed by atoms with E-state index < -0.39 is 0 Å². The summed E-state index contributed by atoms with van der Waals surface area (Å²) in [4.78, 5) is 30.4. The first-order chi connectivity index (χ1) is 16.4. The first-order valence-electron chi connectivity index (χ1n) is 10.6. The van der Waals surface area contributed by atoms with Crippen molar-refractivity contribution in [3.8, 4) is 28.6 Å². The summed E-state index contributed by atoms with van der Waals surface area (Å²) in [6, 6.07) is 16.3. The molecule has 1 amide bonds. The van der Waals surface area contributed by atoms with Gasteiger partial charge in [-0.2, -0.15) is 4.98 Å². The maximum Gasteiger partial charge on any atom is 0.264 e.